The monoisotopic (exact) mass is 257 g/mol. The smallest absolute Gasteiger partial charge is 0.119 e. The molecule has 0 saturated carbocycles. The van der Waals surface area contributed by atoms with E-state index in [0.717, 1.165) is 37.1 Å². The second-order valence-corrected chi connectivity index (χ2v) is 5.05. The van der Waals surface area contributed by atoms with Crippen molar-refractivity contribution in [1.29, 1.82) is 0 Å². The number of ether oxygens (including phenoxy) is 1. The number of nitrogens with zero attached hydrogens (tertiary/aromatic N) is 1. The van der Waals surface area contributed by atoms with E-state index in [9.17, 15) is 5.11 Å². The Bertz CT molecular complexity index is 533. The first-order valence-corrected chi connectivity index (χ1v) is 6.87. The summed E-state index contributed by atoms with van der Waals surface area (Å²) in [7, 11) is 0. The quantitative estimate of drug-likeness (QED) is 0.913. The van der Waals surface area contributed by atoms with Gasteiger partial charge in [-0.05, 0) is 37.0 Å². The van der Waals surface area contributed by atoms with E-state index in [1.54, 1.807) is 0 Å². The van der Waals surface area contributed by atoms with Crippen molar-refractivity contribution in [2.45, 2.75) is 31.9 Å². The predicted octanol–water partition coefficient (Wildman–Crippen LogP) is 2.94. The number of aliphatic hydroxyl groups excluding tert-OH is 1. The van der Waals surface area contributed by atoms with Gasteiger partial charge in [-0.25, -0.2) is 0 Å². The molecule has 1 N–H and O–H groups in total. The van der Waals surface area contributed by atoms with Gasteiger partial charge in [0.2, 0.25) is 0 Å². The Morgan fingerprint density at radius 3 is 2.84 bits per heavy atom. The first kappa shape index (κ1) is 12.3. The molecule has 1 atom stereocenters. The SMILES string of the molecule is OC1CCCc2cn(CCOc3ccccc3)cc21. The molecule has 1 aromatic heterocycles. The number of aliphatic hydroxyl groups is 1. The number of para-hydroxylation sites is 1. The maximum absolute atomic E-state index is 9.93. The van der Waals surface area contributed by atoms with Crippen molar-refractivity contribution in [2.75, 3.05) is 6.61 Å². The fraction of sp³-hybridized carbons (Fsp3) is 0.375. The van der Waals surface area contributed by atoms with Crippen LogP contribution >= 0.6 is 0 Å². The molecule has 1 unspecified atom stereocenters. The van der Waals surface area contributed by atoms with Crippen molar-refractivity contribution < 1.29 is 9.84 Å². The van der Waals surface area contributed by atoms with Crippen LogP contribution in [0.25, 0.3) is 0 Å². The summed E-state index contributed by atoms with van der Waals surface area (Å²) in [5.74, 6) is 0.902. The van der Waals surface area contributed by atoms with Gasteiger partial charge in [-0.1, -0.05) is 18.2 Å². The molecule has 1 heterocycles. The lowest BCUT2D eigenvalue weighted by Crippen LogP contribution is -2.06. The van der Waals surface area contributed by atoms with Gasteiger partial charge >= 0.3 is 0 Å². The predicted molar refractivity (Wildman–Crippen MR) is 74.3 cm³/mol. The van der Waals surface area contributed by atoms with Crippen LogP contribution in [0, 0.1) is 0 Å². The average molecular weight is 257 g/mol. The second-order valence-electron chi connectivity index (χ2n) is 5.05. The maximum atomic E-state index is 9.93. The summed E-state index contributed by atoms with van der Waals surface area (Å²) in [5.41, 5.74) is 2.39. The molecule has 0 radical (unpaired) electrons. The Balaban J connectivity index is 1.59. The molecule has 3 rings (SSSR count). The molecule has 0 fully saturated rings. The van der Waals surface area contributed by atoms with Crippen LogP contribution in [0.3, 0.4) is 0 Å². The lowest BCUT2D eigenvalue weighted by molar-refractivity contribution is 0.157. The van der Waals surface area contributed by atoms with Crippen LogP contribution in [-0.2, 0) is 13.0 Å². The fourth-order valence-electron chi connectivity index (χ4n) is 2.64. The van der Waals surface area contributed by atoms with Crippen LogP contribution in [0.4, 0.5) is 0 Å². The van der Waals surface area contributed by atoms with Gasteiger partial charge in [-0.2, -0.15) is 0 Å². The number of aromatic nitrogens is 1. The van der Waals surface area contributed by atoms with Crippen molar-refractivity contribution in [3.05, 3.63) is 53.9 Å². The highest BCUT2D eigenvalue weighted by Crippen LogP contribution is 2.30. The van der Waals surface area contributed by atoms with Crippen LogP contribution in [0.5, 0.6) is 5.75 Å². The first-order valence-electron chi connectivity index (χ1n) is 6.87. The summed E-state index contributed by atoms with van der Waals surface area (Å²) in [6, 6.07) is 9.85. The van der Waals surface area contributed by atoms with E-state index in [0.29, 0.717) is 6.61 Å². The molecule has 2 aromatic rings. The van der Waals surface area contributed by atoms with Gasteiger partial charge in [0.1, 0.15) is 12.4 Å². The van der Waals surface area contributed by atoms with Crippen LogP contribution < -0.4 is 4.74 Å². The number of aryl methyl sites for hydroxylation is 1. The number of hydrogen-bond donors (Lipinski definition) is 1. The van der Waals surface area contributed by atoms with Crippen molar-refractivity contribution in [3.63, 3.8) is 0 Å². The minimum atomic E-state index is -0.278. The lowest BCUT2D eigenvalue weighted by Gasteiger charge is -2.16. The van der Waals surface area contributed by atoms with Crippen LogP contribution in [0.15, 0.2) is 42.7 Å². The van der Waals surface area contributed by atoms with Gasteiger partial charge in [-0.3, -0.25) is 0 Å². The molecule has 1 aliphatic carbocycles. The maximum Gasteiger partial charge on any atom is 0.119 e. The third-order valence-corrected chi connectivity index (χ3v) is 3.64. The molecule has 100 valence electrons. The van der Waals surface area contributed by atoms with Gasteiger partial charge in [0.25, 0.3) is 0 Å². The van der Waals surface area contributed by atoms with E-state index in [-0.39, 0.29) is 6.10 Å². The molecule has 0 spiro atoms. The molecular formula is C16H19NO2. The number of rotatable bonds is 4. The van der Waals surface area contributed by atoms with Crippen LogP contribution in [-0.4, -0.2) is 16.3 Å². The van der Waals surface area contributed by atoms with Crippen molar-refractivity contribution in [1.82, 2.24) is 4.57 Å². The zero-order chi connectivity index (χ0) is 13.1. The lowest BCUT2D eigenvalue weighted by atomic mass is 9.93. The Hall–Kier alpha value is -1.74. The summed E-state index contributed by atoms with van der Waals surface area (Å²) in [5, 5.41) is 9.93. The Kier molecular flexibility index (Phi) is 3.56. The normalized spacial score (nSPS) is 18.1. The minimum absolute atomic E-state index is 0.278. The molecule has 3 nitrogen and oxygen atoms in total. The Morgan fingerprint density at radius 1 is 1.21 bits per heavy atom. The molecule has 0 amide bonds. The number of benzene rings is 1. The van der Waals surface area contributed by atoms with Gasteiger partial charge in [0.15, 0.2) is 0 Å². The highest BCUT2D eigenvalue weighted by molar-refractivity contribution is 5.29. The topological polar surface area (TPSA) is 34.4 Å². The second kappa shape index (κ2) is 5.49. The Labute approximate surface area is 113 Å². The zero-order valence-corrected chi connectivity index (χ0v) is 11.0. The first-order chi connectivity index (χ1) is 9.33. The summed E-state index contributed by atoms with van der Waals surface area (Å²) in [6.07, 6.45) is 6.98. The average Bonchev–Trinajstić information content (AvgIpc) is 2.84. The molecule has 19 heavy (non-hydrogen) atoms. The largest absolute Gasteiger partial charge is 0.492 e. The molecular weight excluding hydrogens is 238 g/mol. The summed E-state index contributed by atoms with van der Waals surface area (Å²) < 4.78 is 7.81. The Morgan fingerprint density at radius 2 is 2.05 bits per heavy atom. The number of hydrogen-bond acceptors (Lipinski definition) is 2. The fourth-order valence-corrected chi connectivity index (χ4v) is 2.64. The van der Waals surface area contributed by atoms with Gasteiger partial charge in [0.05, 0.1) is 12.6 Å². The van der Waals surface area contributed by atoms with Gasteiger partial charge in [-0.15, -0.1) is 0 Å². The molecule has 3 heteroatoms. The molecule has 0 bridgehead atoms. The molecule has 0 saturated heterocycles. The third-order valence-electron chi connectivity index (χ3n) is 3.64. The minimum Gasteiger partial charge on any atom is -0.492 e. The summed E-state index contributed by atoms with van der Waals surface area (Å²) in [4.78, 5) is 0. The van der Waals surface area contributed by atoms with E-state index >= 15 is 0 Å². The number of fused-ring (bicyclic) bond motifs is 1. The molecule has 1 aromatic carbocycles. The van der Waals surface area contributed by atoms with E-state index in [1.807, 2.05) is 30.3 Å². The van der Waals surface area contributed by atoms with Gasteiger partial charge < -0.3 is 14.4 Å². The zero-order valence-electron chi connectivity index (χ0n) is 11.0. The molecule has 0 aliphatic heterocycles. The van der Waals surface area contributed by atoms with E-state index in [2.05, 4.69) is 17.0 Å². The van der Waals surface area contributed by atoms with Crippen molar-refractivity contribution >= 4 is 0 Å². The van der Waals surface area contributed by atoms with E-state index in [1.165, 1.54) is 5.56 Å². The standard InChI is InChI=1S/C16H19NO2/c18-16-8-4-5-13-11-17(12-15(13)16)9-10-19-14-6-2-1-3-7-14/h1-3,6-7,11-12,16,18H,4-5,8-10H2. The van der Waals surface area contributed by atoms with Gasteiger partial charge in [0, 0.05) is 18.0 Å². The van der Waals surface area contributed by atoms with Crippen molar-refractivity contribution in [2.24, 2.45) is 0 Å². The van der Waals surface area contributed by atoms with Crippen LogP contribution in [0.2, 0.25) is 0 Å². The van der Waals surface area contributed by atoms with E-state index in [4.69, 9.17) is 4.74 Å². The summed E-state index contributed by atoms with van der Waals surface area (Å²) >= 11 is 0. The van der Waals surface area contributed by atoms with Crippen molar-refractivity contribution in [3.8, 4) is 5.75 Å². The highest BCUT2D eigenvalue weighted by atomic mass is 16.5. The highest BCUT2D eigenvalue weighted by Gasteiger charge is 2.19. The molecule has 1 aliphatic rings. The van der Waals surface area contributed by atoms with Crippen LogP contribution in [0.1, 0.15) is 30.1 Å². The summed E-state index contributed by atoms with van der Waals surface area (Å²) in [6.45, 7) is 1.46. The van der Waals surface area contributed by atoms with E-state index < -0.39 is 0 Å². The third kappa shape index (κ3) is 2.82.